The maximum atomic E-state index is 11.6. The third-order valence-electron chi connectivity index (χ3n) is 2.48. The second kappa shape index (κ2) is 6.75. The third-order valence-corrected chi connectivity index (χ3v) is 2.48. The van der Waals surface area contributed by atoms with Gasteiger partial charge in [-0.15, -0.1) is 0 Å². The van der Waals surface area contributed by atoms with Crippen LogP contribution in [-0.2, 0) is 9.59 Å². The predicted octanol–water partition coefficient (Wildman–Crippen LogP) is 1.13. The molecule has 1 aromatic rings. The average Bonchev–Trinajstić information content (AvgIpc) is 2.32. The highest BCUT2D eigenvalue weighted by Gasteiger charge is 2.16. The van der Waals surface area contributed by atoms with Crippen molar-refractivity contribution in [3.05, 3.63) is 23.8 Å². The SMILES string of the molecule is CCOc1ccc(NC(=O)CC(N)C(=O)O)cc1C. The van der Waals surface area contributed by atoms with Gasteiger partial charge in [-0.3, -0.25) is 9.59 Å². The van der Waals surface area contributed by atoms with Gasteiger partial charge in [-0.1, -0.05) is 0 Å². The first-order valence-corrected chi connectivity index (χ1v) is 5.95. The molecule has 104 valence electrons. The van der Waals surface area contributed by atoms with Crippen LogP contribution in [0.25, 0.3) is 0 Å². The highest BCUT2D eigenvalue weighted by atomic mass is 16.5. The number of aliphatic carboxylic acids is 1. The van der Waals surface area contributed by atoms with Crippen LogP contribution in [0.15, 0.2) is 18.2 Å². The Morgan fingerprint density at radius 1 is 1.47 bits per heavy atom. The minimum Gasteiger partial charge on any atom is -0.494 e. The molecule has 0 aliphatic carbocycles. The number of nitrogens with two attached hydrogens (primary N) is 1. The quantitative estimate of drug-likeness (QED) is 0.716. The summed E-state index contributed by atoms with van der Waals surface area (Å²) in [4.78, 5) is 22.1. The highest BCUT2D eigenvalue weighted by Crippen LogP contribution is 2.21. The van der Waals surface area contributed by atoms with Crippen molar-refractivity contribution in [2.45, 2.75) is 26.3 Å². The molecule has 1 rings (SSSR count). The number of nitrogens with one attached hydrogen (secondary N) is 1. The van der Waals surface area contributed by atoms with Crippen LogP contribution in [0, 0.1) is 6.92 Å². The Labute approximate surface area is 111 Å². The first kappa shape index (κ1) is 15.0. The molecule has 0 bridgehead atoms. The molecular weight excluding hydrogens is 248 g/mol. The lowest BCUT2D eigenvalue weighted by molar-refractivity contribution is -0.140. The van der Waals surface area contributed by atoms with Gasteiger partial charge < -0.3 is 20.9 Å². The summed E-state index contributed by atoms with van der Waals surface area (Å²) in [7, 11) is 0. The van der Waals surface area contributed by atoms with Gasteiger partial charge in [-0.25, -0.2) is 0 Å². The molecule has 0 saturated carbocycles. The lowest BCUT2D eigenvalue weighted by Gasteiger charge is -2.11. The van der Waals surface area contributed by atoms with E-state index in [1.807, 2.05) is 13.8 Å². The summed E-state index contributed by atoms with van der Waals surface area (Å²) < 4.78 is 5.38. The van der Waals surface area contributed by atoms with Gasteiger partial charge in [0.1, 0.15) is 11.8 Å². The largest absolute Gasteiger partial charge is 0.494 e. The van der Waals surface area contributed by atoms with Crippen LogP contribution in [0.5, 0.6) is 5.75 Å². The Balaban J connectivity index is 2.65. The van der Waals surface area contributed by atoms with Crippen LogP contribution in [0.4, 0.5) is 5.69 Å². The summed E-state index contributed by atoms with van der Waals surface area (Å²) in [6.07, 6.45) is -0.262. The Bertz CT molecular complexity index is 474. The fourth-order valence-electron chi connectivity index (χ4n) is 1.54. The second-order valence-corrected chi connectivity index (χ2v) is 4.11. The van der Waals surface area contributed by atoms with Crippen LogP contribution < -0.4 is 15.8 Å². The number of carboxylic acids is 1. The average molecular weight is 266 g/mol. The molecule has 6 heteroatoms. The number of carbonyl (C=O) groups excluding carboxylic acids is 1. The summed E-state index contributed by atoms with van der Waals surface area (Å²) in [5, 5.41) is 11.2. The van der Waals surface area contributed by atoms with E-state index in [1.165, 1.54) is 0 Å². The third kappa shape index (κ3) is 4.59. The monoisotopic (exact) mass is 266 g/mol. The molecule has 0 radical (unpaired) electrons. The lowest BCUT2D eigenvalue weighted by atomic mass is 10.2. The van der Waals surface area contributed by atoms with Gasteiger partial charge in [0.25, 0.3) is 0 Å². The number of hydrogen-bond acceptors (Lipinski definition) is 4. The van der Waals surface area contributed by atoms with Crippen molar-refractivity contribution < 1.29 is 19.4 Å². The topological polar surface area (TPSA) is 102 Å². The first-order chi connectivity index (χ1) is 8.93. The van der Waals surface area contributed by atoms with Crippen molar-refractivity contribution in [2.24, 2.45) is 5.73 Å². The Morgan fingerprint density at radius 2 is 2.16 bits per heavy atom. The Morgan fingerprint density at radius 3 is 2.68 bits per heavy atom. The smallest absolute Gasteiger partial charge is 0.321 e. The minimum absolute atomic E-state index is 0.262. The molecule has 0 saturated heterocycles. The number of carbonyl (C=O) groups is 2. The van der Waals surface area contributed by atoms with Gasteiger partial charge >= 0.3 is 5.97 Å². The zero-order chi connectivity index (χ0) is 14.4. The standard InChI is InChI=1S/C13H18N2O4/c1-3-19-11-5-4-9(6-8(11)2)15-12(16)7-10(14)13(17)18/h4-6,10H,3,7,14H2,1-2H3,(H,15,16)(H,17,18). The molecule has 0 fully saturated rings. The van der Waals surface area contributed by atoms with E-state index < -0.39 is 17.9 Å². The van der Waals surface area contributed by atoms with Gasteiger partial charge in [0, 0.05) is 5.69 Å². The van der Waals surface area contributed by atoms with E-state index in [-0.39, 0.29) is 6.42 Å². The molecule has 1 aromatic carbocycles. The molecule has 1 atom stereocenters. The van der Waals surface area contributed by atoms with Gasteiger partial charge in [-0.05, 0) is 37.6 Å². The first-order valence-electron chi connectivity index (χ1n) is 5.95. The minimum atomic E-state index is -1.20. The lowest BCUT2D eigenvalue weighted by Crippen LogP contribution is -2.34. The zero-order valence-electron chi connectivity index (χ0n) is 11.0. The second-order valence-electron chi connectivity index (χ2n) is 4.11. The van der Waals surface area contributed by atoms with E-state index in [0.717, 1.165) is 11.3 Å². The van der Waals surface area contributed by atoms with Crippen molar-refractivity contribution in [1.29, 1.82) is 0 Å². The van der Waals surface area contributed by atoms with E-state index in [9.17, 15) is 9.59 Å². The molecule has 4 N–H and O–H groups in total. The molecule has 0 heterocycles. The molecule has 0 aliphatic rings. The fourth-order valence-corrected chi connectivity index (χ4v) is 1.54. The molecule has 0 spiro atoms. The number of anilines is 1. The predicted molar refractivity (Wildman–Crippen MR) is 71.2 cm³/mol. The van der Waals surface area contributed by atoms with Crippen molar-refractivity contribution in [2.75, 3.05) is 11.9 Å². The summed E-state index contributed by atoms with van der Waals surface area (Å²) in [6.45, 7) is 4.33. The van der Waals surface area contributed by atoms with Crippen LogP contribution in [0.2, 0.25) is 0 Å². The normalized spacial score (nSPS) is 11.7. The number of amides is 1. The fraction of sp³-hybridized carbons (Fsp3) is 0.385. The molecular formula is C13H18N2O4. The van der Waals surface area contributed by atoms with E-state index in [2.05, 4.69) is 5.32 Å². The van der Waals surface area contributed by atoms with Crippen LogP contribution in [0.3, 0.4) is 0 Å². The van der Waals surface area contributed by atoms with Gasteiger partial charge in [0.2, 0.25) is 5.91 Å². The van der Waals surface area contributed by atoms with Crippen molar-refractivity contribution >= 4 is 17.6 Å². The maximum Gasteiger partial charge on any atom is 0.321 e. The molecule has 0 aromatic heterocycles. The summed E-state index contributed by atoms with van der Waals surface area (Å²) in [6, 6.07) is 4.02. The van der Waals surface area contributed by atoms with Gasteiger partial charge in [-0.2, -0.15) is 0 Å². The summed E-state index contributed by atoms with van der Waals surface area (Å²) in [5.74, 6) is -0.876. The Kier molecular flexibility index (Phi) is 5.32. The zero-order valence-corrected chi connectivity index (χ0v) is 11.0. The number of benzene rings is 1. The van der Waals surface area contributed by atoms with Crippen LogP contribution >= 0.6 is 0 Å². The molecule has 1 unspecified atom stereocenters. The van der Waals surface area contributed by atoms with E-state index >= 15 is 0 Å². The van der Waals surface area contributed by atoms with Gasteiger partial charge in [0.15, 0.2) is 0 Å². The van der Waals surface area contributed by atoms with Crippen molar-refractivity contribution in [1.82, 2.24) is 0 Å². The Hall–Kier alpha value is -2.08. The summed E-state index contributed by atoms with van der Waals surface area (Å²) in [5.41, 5.74) is 6.76. The van der Waals surface area contributed by atoms with Crippen LogP contribution in [0.1, 0.15) is 18.9 Å². The molecule has 1 amide bonds. The molecule has 0 aliphatic heterocycles. The number of hydrogen-bond donors (Lipinski definition) is 3. The highest BCUT2D eigenvalue weighted by molar-refractivity contribution is 5.94. The number of carboxylic acid groups (broad SMARTS) is 1. The van der Waals surface area contributed by atoms with Gasteiger partial charge in [0.05, 0.1) is 13.0 Å². The van der Waals surface area contributed by atoms with E-state index in [0.29, 0.717) is 12.3 Å². The maximum absolute atomic E-state index is 11.6. The van der Waals surface area contributed by atoms with E-state index in [4.69, 9.17) is 15.6 Å². The number of ether oxygens (including phenoxy) is 1. The van der Waals surface area contributed by atoms with Crippen LogP contribution in [-0.4, -0.2) is 29.6 Å². The number of aryl methyl sites for hydroxylation is 1. The van der Waals surface area contributed by atoms with Crippen molar-refractivity contribution in [3.63, 3.8) is 0 Å². The summed E-state index contributed by atoms with van der Waals surface area (Å²) >= 11 is 0. The molecule has 19 heavy (non-hydrogen) atoms. The number of rotatable bonds is 6. The van der Waals surface area contributed by atoms with E-state index in [1.54, 1.807) is 18.2 Å². The van der Waals surface area contributed by atoms with Crippen molar-refractivity contribution in [3.8, 4) is 5.75 Å². The molecule has 6 nitrogen and oxygen atoms in total.